The largest absolute Gasteiger partial charge is 0.460 e. The van der Waals surface area contributed by atoms with Crippen LogP contribution < -0.4 is 0 Å². The van der Waals surface area contributed by atoms with Gasteiger partial charge in [0.15, 0.2) is 0 Å². The Bertz CT molecular complexity index is 1310. The second-order valence-corrected chi connectivity index (χ2v) is 11.6. The molecular weight excluding hydrogens is 848 g/mol. The standard InChI is InChI=1S/2C12H18O5.2C10H14O5/c2*1-9(2)11(13)16-7-5-15-6-8-17-12(14)10(3)4;2*1-3-9(11)14-7-5-13-6-8-15-10(12)4-2/h2*1,3,5-8H2,2,4H3;2*3-4H,1-2,5-8H2. The Kier molecular flexibility index (Phi) is 46.1. The molecule has 0 amide bonds. The van der Waals surface area contributed by atoms with Gasteiger partial charge in [-0.2, -0.15) is 0 Å². The molecule has 0 N–H and O–H groups in total. The lowest BCUT2D eigenvalue weighted by molar-refractivity contribution is -0.143. The zero-order valence-electron chi connectivity index (χ0n) is 37.4. The number of rotatable bonds is 32. The van der Waals surface area contributed by atoms with Crippen molar-refractivity contribution in [2.75, 3.05) is 106 Å². The molecule has 0 atom stereocenters. The molecule has 0 aromatic carbocycles. The highest BCUT2D eigenvalue weighted by molar-refractivity contribution is 5.88. The van der Waals surface area contributed by atoms with Gasteiger partial charge in [-0.1, -0.05) is 52.6 Å². The number of carbonyl (C=O) groups is 8. The monoisotopic (exact) mass is 912 g/mol. The van der Waals surface area contributed by atoms with E-state index in [-0.39, 0.29) is 106 Å². The smallest absolute Gasteiger partial charge is 0.333 e. The lowest BCUT2D eigenvalue weighted by Gasteiger charge is -2.06. The Morgan fingerprint density at radius 1 is 0.281 bits per heavy atom. The second kappa shape index (κ2) is 46.0. The highest BCUT2D eigenvalue weighted by Gasteiger charge is 2.06. The van der Waals surface area contributed by atoms with Crippen molar-refractivity contribution in [3.05, 3.63) is 99.2 Å². The third-order valence-corrected chi connectivity index (χ3v) is 5.79. The summed E-state index contributed by atoms with van der Waals surface area (Å²) in [6.45, 7) is 36.2. The molecule has 0 heterocycles. The number of ether oxygens (including phenoxy) is 12. The topological polar surface area (TPSA) is 247 Å². The van der Waals surface area contributed by atoms with Crippen molar-refractivity contribution >= 4 is 47.8 Å². The molecule has 0 aromatic heterocycles. The molecule has 360 valence electrons. The molecule has 20 nitrogen and oxygen atoms in total. The maximum Gasteiger partial charge on any atom is 0.333 e. The Balaban J connectivity index is -0.000000376. The van der Waals surface area contributed by atoms with Crippen molar-refractivity contribution in [1.29, 1.82) is 0 Å². The molecule has 20 heteroatoms. The van der Waals surface area contributed by atoms with E-state index in [0.717, 1.165) is 24.3 Å². The van der Waals surface area contributed by atoms with Crippen LogP contribution in [-0.2, 0) is 95.2 Å². The van der Waals surface area contributed by atoms with Crippen LogP contribution >= 0.6 is 0 Å². The van der Waals surface area contributed by atoms with Crippen LogP contribution in [0.25, 0.3) is 0 Å². The first-order valence-electron chi connectivity index (χ1n) is 19.1. The molecule has 0 aliphatic rings. The molecule has 0 rings (SSSR count). The zero-order valence-corrected chi connectivity index (χ0v) is 37.4. The summed E-state index contributed by atoms with van der Waals surface area (Å²) in [4.78, 5) is 86.0. The van der Waals surface area contributed by atoms with Crippen LogP contribution in [0.2, 0.25) is 0 Å². The predicted molar refractivity (Wildman–Crippen MR) is 231 cm³/mol. The summed E-state index contributed by atoms with van der Waals surface area (Å²) in [5, 5.41) is 0. The van der Waals surface area contributed by atoms with Gasteiger partial charge in [0, 0.05) is 46.6 Å². The molecular formula is C44H64O20. The fourth-order valence-corrected chi connectivity index (χ4v) is 2.71. The van der Waals surface area contributed by atoms with Crippen molar-refractivity contribution in [2.24, 2.45) is 0 Å². The Hall–Kier alpha value is -6.48. The predicted octanol–water partition coefficient (Wildman–Crippen LogP) is 3.41. The minimum Gasteiger partial charge on any atom is -0.460 e. The quantitative estimate of drug-likeness (QED) is 0.0406. The van der Waals surface area contributed by atoms with E-state index in [1.165, 1.54) is 0 Å². The SMILES string of the molecule is C=C(C)C(=O)OCCOCCOC(=O)C(=C)C.C=C(C)C(=O)OCCOCCOC(=O)C(=C)C.C=CC(=O)OCCOCCOC(=O)C=C.C=CC(=O)OCCOCCOC(=O)C=C. The minimum absolute atomic E-state index is 0.153. The zero-order chi connectivity index (χ0) is 49.6. The summed E-state index contributed by atoms with van der Waals surface area (Å²) in [5.74, 6) is -3.73. The van der Waals surface area contributed by atoms with E-state index in [1.807, 2.05) is 0 Å². The van der Waals surface area contributed by atoms with Crippen LogP contribution in [0.3, 0.4) is 0 Å². The van der Waals surface area contributed by atoms with E-state index in [0.29, 0.717) is 22.3 Å². The van der Waals surface area contributed by atoms with Crippen LogP contribution in [0, 0.1) is 0 Å². The number of hydrogen-bond acceptors (Lipinski definition) is 20. The molecule has 0 aliphatic carbocycles. The average molecular weight is 913 g/mol. The number of esters is 8. The first-order chi connectivity index (χ1) is 30.3. The summed E-state index contributed by atoms with van der Waals surface area (Å²) in [7, 11) is 0. The third kappa shape index (κ3) is 49.9. The van der Waals surface area contributed by atoms with Gasteiger partial charge >= 0.3 is 47.8 Å². The highest BCUT2D eigenvalue weighted by atomic mass is 16.6. The van der Waals surface area contributed by atoms with Crippen molar-refractivity contribution in [3.63, 3.8) is 0 Å². The van der Waals surface area contributed by atoms with Gasteiger partial charge < -0.3 is 56.8 Å². The van der Waals surface area contributed by atoms with Crippen LogP contribution in [0.4, 0.5) is 0 Å². The van der Waals surface area contributed by atoms with Crippen LogP contribution in [-0.4, -0.2) is 153 Å². The lowest BCUT2D eigenvalue weighted by atomic mass is 10.4. The molecule has 0 aromatic rings. The van der Waals surface area contributed by atoms with E-state index >= 15 is 0 Å². The van der Waals surface area contributed by atoms with E-state index in [1.54, 1.807) is 27.7 Å². The van der Waals surface area contributed by atoms with Crippen molar-refractivity contribution < 1.29 is 95.2 Å². The van der Waals surface area contributed by atoms with Crippen molar-refractivity contribution in [1.82, 2.24) is 0 Å². The lowest BCUT2D eigenvalue weighted by Crippen LogP contribution is -2.14. The Morgan fingerprint density at radius 3 is 0.547 bits per heavy atom. The van der Waals surface area contributed by atoms with Gasteiger partial charge in [-0.05, 0) is 27.7 Å². The van der Waals surface area contributed by atoms with Gasteiger partial charge in [-0.15, -0.1) is 0 Å². The van der Waals surface area contributed by atoms with E-state index in [4.69, 9.17) is 37.9 Å². The summed E-state index contributed by atoms with van der Waals surface area (Å²) >= 11 is 0. The summed E-state index contributed by atoms with van der Waals surface area (Å²) in [6, 6.07) is 0. The van der Waals surface area contributed by atoms with Gasteiger partial charge in [0.1, 0.15) is 52.9 Å². The van der Waals surface area contributed by atoms with E-state index in [9.17, 15) is 38.4 Å². The van der Waals surface area contributed by atoms with Gasteiger partial charge in [0.25, 0.3) is 0 Å². The fraction of sp³-hybridized carbons (Fsp3) is 0.455. The molecule has 0 radical (unpaired) electrons. The summed E-state index contributed by atoms with van der Waals surface area (Å²) < 4.78 is 57.8. The molecule has 0 spiro atoms. The van der Waals surface area contributed by atoms with Gasteiger partial charge in [-0.25, -0.2) is 38.4 Å². The fourth-order valence-electron chi connectivity index (χ4n) is 2.71. The second-order valence-electron chi connectivity index (χ2n) is 11.6. The highest BCUT2D eigenvalue weighted by Crippen LogP contribution is 1.95. The summed E-state index contributed by atoms with van der Waals surface area (Å²) in [5.41, 5.74) is 1.39. The maximum atomic E-state index is 10.9. The third-order valence-electron chi connectivity index (χ3n) is 5.79. The van der Waals surface area contributed by atoms with Crippen LogP contribution in [0.15, 0.2) is 99.2 Å². The normalized spacial score (nSPS) is 9.31. The maximum absolute atomic E-state index is 10.9. The van der Waals surface area contributed by atoms with E-state index < -0.39 is 47.8 Å². The molecule has 0 bridgehead atoms. The molecule has 0 unspecified atom stereocenters. The Labute approximate surface area is 375 Å². The average Bonchev–Trinajstić information content (AvgIpc) is 3.27. The first-order valence-corrected chi connectivity index (χ1v) is 19.1. The van der Waals surface area contributed by atoms with Crippen LogP contribution in [0.1, 0.15) is 27.7 Å². The molecule has 0 fully saturated rings. The van der Waals surface area contributed by atoms with Crippen molar-refractivity contribution in [3.8, 4) is 0 Å². The Morgan fingerprint density at radius 2 is 0.422 bits per heavy atom. The van der Waals surface area contributed by atoms with Gasteiger partial charge in [-0.3, -0.25) is 0 Å². The van der Waals surface area contributed by atoms with Crippen LogP contribution in [0.5, 0.6) is 0 Å². The molecule has 0 aliphatic heterocycles. The van der Waals surface area contributed by atoms with Gasteiger partial charge in [0.2, 0.25) is 0 Å². The number of carbonyl (C=O) groups excluding carboxylic acids is 8. The minimum atomic E-state index is -0.489. The van der Waals surface area contributed by atoms with Gasteiger partial charge in [0.05, 0.1) is 52.9 Å². The molecule has 0 saturated carbocycles. The molecule has 0 saturated heterocycles. The summed E-state index contributed by atoms with van der Waals surface area (Å²) in [6.07, 6.45) is 4.30. The van der Waals surface area contributed by atoms with E-state index in [2.05, 4.69) is 71.6 Å². The van der Waals surface area contributed by atoms with Crippen molar-refractivity contribution in [2.45, 2.75) is 27.7 Å². The number of hydrogen-bond donors (Lipinski definition) is 0. The first kappa shape index (κ1) is 64.1. The molecule has 64 heavy (non-hydrogen) atoms.